The van der Waals surface area contributed by atoms with Gasteiger partial charge in [-0.25, -0.2) is 0 Å². The lowest BCUT2D eigenvalue weighted by atomic mass is 9.94. The average molecular weight is 315 g/mol. The summed E-state index contributed by atoms with van der Waals surface area (Å²) in [6, 6.07) is 25.7. The van der Waals surface area contributed by atoms with E-state index in [1.54, 1.807) is 0 Å². The SMILES string of the molecule is Cc1ccc(CNC2c3ccccc3COc3ccccc32)cc1. The van der Waals surface area contributed by atoms with Crippen molar-refractivity contribution in [3.05, 3.63) is 101 Å². The number of aryl methyl sites for hydroxylation is 1. The number of ether oxygens (including phenoxy) is 1. The van der Waals surface area contributed by atoms with Crippen LogP contribution in [0.3, 0.4) is 0 Å². The standard InChI is InChI=1S/C22H21NO/c1-16-10-12-17(13-11-16)14-23-22-19-7-3-2-6-18(19)15-24-21-9-5-4-8-20(21)22/h2-13,22-23H,14-15H2,1H3. The first-order valence-electron chi connectivity index (χ1n) is 8.40. The van der Waals surface area contributed by atoms with Gasteiger partial charge < -0.3 is 10.1 Å². The van der Waals surface area contributed by atoms with Gasteiger partial charge >= 0.3 is 0 Å². The lowest BCUT2D eigenvalue weighted by Gasteiger charge is -2.21. The molecule has 1 N–H and O–H groups in total. The van der Waals surface area contributed by atoms with E-state index in [0.717, 1.165) is 12.3 Å². The van der Waals surface area contributed by atoms with E-state index in [9.17, 15) is 0 Å². The van der Waals surface area contributed by atoms with Crippen LogP contribution in [0, 0.1) is 6.92 Å². The summed E-state index contributed by atoms with van der Waals surface area (Å²) >= 11 is 0. The van der Waals surface area contributed by atoms with Crippen LogP contribution < -0.4 is 10.1 Å². The highest BCUT2D eigenvalue weighted by molar-refractivity contribution is 5.46. The third-order valence-corrected chi connectivity index (χ3v) is 4.61. The van der Waals surface area contributed by atoms with Gasteiger partial charge in [0.05, 0.1) is 6.04 Å². The molecular formula is C22H21NO. The third kappa shape index (κ3) is 2.93. The Balaban J connectivity index is 1.68. The molecule has 0 spiro atoms. The molecule has 3 aromatic carbocycles. The molecule has 24 heavy (non-hydrogen) atoms. The number of nitrogens with one attached hydrogen (secondary N) is 1. The number of rotatable bonds is 3. The first-order chi connectivity index (χ1) is 11.8. The van der Waals surface area contributed by atoms with Crippen molar-refractivity contribution >= 4 is 0 Å². The van der Waals surface area contributed by atoms with Crippen molar-refractivity contribution in [2.24, 2.45) is 0 Å². The van der Waals surface area contributed by atoms with Gasteiger partial charge in [0, 0.05) is 12.1 Å². The Morgan fingerprint density at radius 3 is 2.42 bits per heavy atom. The number of fused-ring (bicyclic) bond motifs is 2. The van der Waals surface area contributed by atoms with Crippen LogP contribution >= 0.6 is 0 Å². The fourth-order valence-electron chi connectivity index (χ4n) is 3.27. The van der Waals surface area contributed by atoms with Crippen molar-refractivity contribution in [2.75, 3.05) is 0 Å². The van der Waals surface area contributed by atoms with Crippen LogP contribution in [0.25, 0.3) is 0 Å². The van der Waals surface area contributed by atoms with E-state index in [4.69, 9.17) is 4.74 Å². The van der Waals surface area contributed by atoms with Gasteiger partial charge in [0.1, 0.15) is 12.4 Å². The van der Waals surface area contributed by atoms with Crippen LogP contribution in [-0.4, -0.2) is 0 Å². The van der Waals surface area contributed by atoms with E-state index in [2.05, 4.69) is 79.0 Å². The highest BCUT2D eigenvalue weighted by Crippen LogP contribution is 2.35. The van der Waals surface area contributed by atoms with E-state index >= 15 is 0 Å². The maximum atomic E-state index is 6.03. The molecule has 0 aromatic heterocycles. The molecule has 1 unspecified atom stereocenters. The number of para-hydroxylation sites is 1. The van der Waals surface area contributed by atoms with Crippen molar-refractivity contribution in [3.63, 3.8) is 0 Å². The quantitative estimate of drug-likeness (QED) is 0.752. The van der Waals surface area contributed by atoms with Crippen LogP contribution in [0.4, 0.5) is 0 Å². The molecule has 120 valence electrons. The topological polar surface area (TPSA) is 21.3 Å². The van der Waals surface area contributed by atoms with Crippen LogP contribution in [0.5, 0.6) is 5.75 Å². The maximum Gasteiger partial charge on any atom is 0.124 e. The first-order valence-corrected chi connectivity index (χ1v) is 8.40. The molecule has 0 amide bonds. The Labute approximate surface area is 143 Å². The summed E-state index contributed by atoms with van der Waals surface area (Å²) < 4.78 is 6.03. The average Bonchev–Trinajstić information content (AvgIpc) is 2.78. The van der Waals surface area contributed by atoms with E-state index in [1.165, 1.54) is 27.8 Å². The zero-order valence-electron chi connectivity index (χ0n) is 13.8. The van der Waals surface area contributed by atoms with Crippen LogP contribution in [0.15, 0.2) is 72.8 Å². The van der Waals surface area contributed by atoms with Gasteiger partial charge in [-0.2, -0.15) is 0 Å². The van der Waals surface area contributed by atoms with Gasteiger partial charge in [0.15, 0.2) is 0 Å². The highest BCUT2D eigenvalue weighted by Gasteiger charge is 2.23. The van der Waals surface area contributed by atoms with Gasteiger partial charge in [0.25, 0.3) is 0 Å². The summed E-state index contributed by atoms with van der Waals surface area (Å²) in [6.07, 6.45) is 0. The Morgan fingerprint density at radius 1 is 0.875 bits per heavy atom. The van der Waals surface area contributed by atoms with Gasteiger partial charge in [-0.05, 0) is 29.7 Å². The van der Waals surface area contributed by atoms with Crippen LogP contribution in [0.1, 0.15) is 33.9 Å². The molecule has 1 aliphatic rings. The van der Waals surface area contributed by atoms with Gasteiger partial charge in [-0.1, -0.05) is 72.3 Å². The summed E-state index contributed by atoms with van der Waals surface area (Å²) in [5.74, 6) is 0.968. The van der Waals surface area contributed by atoms with Crippen molar-refractivity contribution in [1.82, 2.24) is 5.32 Å². The molecule has 1 atom stereocenters. The molecule has 0 saturated heterocycles. The smallest absolute Gasteiger partial charge is 0.124 e. The molecular weight excluding hydrogens is 294 g/mol. The van der Waals surface area contributed by atoms with E-state index in [1.807, 2.05) is 6.07 Å². The third-order valence-electron chi connectivity index (χ3n) is 4.61. The van der Waals surface area contributed by atoms with E-state index in [-0.39, 0.29) is 6.04 Å². The fraction of sp³-hybridized carbons (Fsp3) is 0.182. The van der Waals surface area contributed by atoms with Crippen molar-refractivity contribution in [1.29, 1.82) is 0 Å². The summed E-state index contributed by atoms with van der Waals surface area (Å²) in [5, 5.41) is 3.73. The Kier molecular flexibility index (Phi) is 4.06. The van der Waals surface area contributed by atoms with Crippen molar-refractivity contribution < 1.29 is 4.74 Å². The molecule has 2 heteroatoms. The fourth-order valence-corrected chi connectivity index (χ4v) is 3.27. The van der Waals surface area contributed by atoms with Crippen molar-refractivity contribution in [3.8, 4) is 5.75 Å². The monoisotopic (exact) mass is 315 g/mol. The lowest BCUT2D eigenvalue weighted by Crippen LogP contribution is -2.22. The predicted octanol–water partition coefficient (Wildman–Crippen LogP) is 4.77. The summed E-state index contributed by atoms with van der Waals surface area (Å²) in [5.41, 5.74) is 6.33. The second-order valence-corrected chi connectivity index (χ2v) is 6.32. The molecule has 0 bridgehead atoms. The highest BCUT2D eigenvalue weighted by atomic mass is 16.5. The number of hydrogen-bond acceptors (Lipinski definition) is 2. The van der Waals surface area contributed by atoms with E-state index in [0.29, 0.717) is 6.61 Å². The number of hydrogen-bond donors (Lipinski definition) is 1. The summed E-state index contributed by atoms with van der Waals surface area (Å²) in [4.78, 5) is 0. The molecule has 4 rings (SSSR count). The summed E-state index contributed by atoms with van der Waals surface area (Å²) in [7, 11) is 0. The molecule has 2 nitrogen and oxygen atoms in total. The Hall–Kier alpha value is -2.58. The zero-order chi connectivity index (χ0) is 16.4. The first kappa shape index (κ1) is 15.0. The molecule has 0 fully saturated rings. The van der Waals surface area contributed by atoms with Crippen LogP contribution in [0.2, 0.25) is 0 Å². The van der Waals surface area contributed by atoms with Gasteiger partial charge in [-0.15, -0.1) is 0 Å². The second-order valence-electron chi connectivity index (χ2n) is 6.32. The molecule has 0 saturated carbocycles. The Morgan fingerprint density at radius 2 is 1.58 bits per heavy atom. The lowest BCUT2D eigenvalue weighted by molar-refractivity contribution is 0.306. The predicted molar refractivity (Wildman–Crippen MR) is 97.1 cm³/mol. The second kappa shape index (κ2) is 6.50. The normalized spacial score (nSPS) is 15.8. The van der Waals surface area contributed by atoms with E-state index < -0.39 is 0 Å². The Bertz CT molecular complexity index is 791. The molecule has 3 aromatic rings. The largest absolute Gasteiger partial charge is 0.489 e. The minimum absolute atomic E-state index is 0.140. The zero-order valence-corrected chi connectivity index (χ0v) is 13.8. The minimum Gasteiger partial charge on any atom is -0.489 e. The molecule has 0 radical (unpaired) electrons. The minimum atomic E-state index is 0.140. The molecule has 1 aliphatic heterocycles. The van der Waals surface area contributed by atoms with Gasteiger partial charge in [0.2, 0.25) is 0 Å². The number of benzene rings is 3. The molecule has 0 aliphatic carbocycles. The van der Waals surface area contributed by atoms with Crippen molar-refractivity contribution in [2.45, 2.75) is 26.1 Å². The van der Waals surface area contributed by atoms with Gasteiger partial charge in [-0.3, -0.25) is 0 Å². The molecule has 1 heterocycles. The maximum absolute atomic E-state index is 6.03. The van der Waals surface area contributed by atoms with Crippen LogP contribution in [-0.2, 0) is 13.2 Å². The summed E-state index contributed by atoms with van der Waals surface area (Å²) in [6.45, 7) is 3.57.